The number of aliphatic imine (C=N–C) groups is 1. The second-order valence-electron chi connectivity index (χ2n) is 6.54. The molecule has 1 N–H and O–H groups in total. The summed E-state index contributed by atoms with van der Waals surface area (Å²) in [4.78, 5) is 27.6. The van der Waals surface area contributed by atoms with Crippen LogP contribution < -0.4 is 5.32 Å². The van der Waals surface area contributed by atoms with E-state index in [1.165, 1.54) is 30.0 Å². The third-order valence-electron chi connectivity index (χ3n) is 4.36. The second-order valence-corrected chi connectivity index (χ2v) is 8.38. The summed E-state index contributed by atoms with van der Waals surface area (Å²) in [6.45, 7) is 1.89. The van der Waals surface area contributed by atoms with Crippen LogP contribution in [0.5, 0.6) is 0 Å². The fourth-order valence-corrected chi connectivity index (χ4v) is 3.98. The van der Waals surface area contributed by atoms with Crippen LogP contribution in [0.1, 0.15) is 11.3 Å². The van der Waals surface area contributed by atoms with Crippen LogP contribution >= 0.6 is 35.0 Å². The number of halogens is 2. The van der Waals surface area contributed by atoms with Gasteiger partial charge in [-0.2, -0.15) is 0 Å². The van der Waals surface area contributed by atoms with E-state index in [0.29, 0.717) is 42.9 Å². The minimum Gasteiger partial charge on any atom is -0.457 e. The lowest BCUT2D eigenvalue weighted by atomic mass is 10.1. The number of amidine groups is 1. The predicted octanol–water partition coefficient (Wildman–Crippen LogP) is 6.36. The first-order valence-electron chi connectivity index (χ1n) is 8.90. The Bertz CT molecular complexity index is 1280. The van der Waals surface area contributed by atoms with Crippen molar-refractivity contribution < 1.29 is 14.1 Å². The number of rotatable bonds is 4. The maximum Gasteiger partial charge on any atom is 0.270 e. The highest BCUT2D eigenvalue weighted by Crippen LogP contribution is 2.34. The molecule has 0 radical (unpaired) electrons. The number of amides is 1. The molecule has 31 heavy (non-hydrogen) atoms. The number of benzene rings is 2. The van der Waals surface area contributed by atoms with E-state index in [4.69, 9.17) is 27.6 Å². The van der Waals surface area contributed by atoms with Crippen LogP contribution in [0.2, 0.25) is 10.0 Å². The van der Waals surface area contributed by atoms with E-state index < -0.39 is 4.92 Å². The molecule has 3 aromatic rings. The number of carbonyl (C=O) groups is 1. The molecule has 4 rings (SSSR count). The Morgan fingerprint density at radius 3 is 2.68 bits per heavy atom. The Morgan fingerprint density at radius 1 is 1.13 bits per heavy atom. The zero-order chi connectivity index (χ0) is 22.1. The average Bonchev–Trinajstić information content (AvgIpc) is 3.32. The SMILES string of the molecule is Cc1ccc(N=C2NC(=O)C(=Cc3ccc(-c4cc([N+](=O)[O-])ccc4Cl)o3)S2)cc1Cl. The number of furan rings is 1. The van der Waals surface area contributed by atoms with Gasteiger partial charge in [0, 0.05) is 28.8 Å². The molecule has 0 aliphatic carbocycles. The summed E-state index contributed by atoms with van der Waals surface area (Å²) in [5, 5.41) is 15.1. The topological polar surface area (TPSA) is 97.7 Å². The monoisotopic (exact) mass is 473 g/mol. The molecule has 7 nitrogen and oxygen atoms in total. The van der Waals surface area contributed by atoms with Gasteiger partial charge >= 0.3 is 0 Å². The largest absolute Gasteiger partial charge is 0.457 e. The number of nitrogens with one attached hydrogen (secondary N) is 1. The summed E-state index contributed by atoms with van der Waals surface area (Å²) >= 11 is 13.4. The minimum atomic E-state index is -0.507. The van der Waals surface area contributed by atoms with Gasteiger partial charge in [0.25, 0.3) is 11.6 Å². The summed E-state index contributed by atoms with van der Waals surface area (Å²) < 4.78 is 5.74. The number of carbonyl (C=O) groups excluding carboxylic acids is 1. The van der Waals surface area contributed by atoms with Crippen molar-refractivity contribution in [2.24, 2.45) is 4.99 Å². The first-order valence-corrected chi connectivity index (χ1v) is 10.5. The maximum absolute atomic E-state index is 12.3. The molecular formula is C21H13Cl2N3O4S. The lowest BCUT2D eigenvalue weighted by Crippen LogP contribution is -2.19. The van der Waals surface area contributed by atoms with Gasteiger partial charge in [-0.3, -0.25) is 14.9 Å². The number of thioether (sulfide) groups is 1. The van der Waals surface area contributed by atoms with E-state index in [2.05, 4.69) is 10.3 Å². The molecule has 1 amide bonds. The second kappa shape index (κ2) is 8.58. The van der Waals surface area contributed by atoms with Crippen molar-refractivity contribution in [2.75, 3.05) is 0 Å². The number of hydrogen-bond acceptors (Lipinski definition) is 6. The molecule has 1 aromatic heterocycles. The summed E-state index contributed by atoms with van der Waals surface area (Å²) in [7, 11) is 0. The molecule has 1 fully saturated rings. The number of nitrogens with zero attached hydrogens (tertiary/aromatic N) is 2. The fraction of sp³-hybridized carbons (Fsp3) is 0.0476. The van der Waals surface area contributed by atoms with Gasteiger partial charge in [-0.05, 0) is 54.6 Å². The predicted molar refractivity (Wildman–Crippen MR) is 123 cm³/mol. The van der Waals surface area contributed by atoms with Crippen LogP contribution in [0.3, 0.4) is 0 Å². The molecule has 0 saturated carbocycles. The number of aryl methyl sites for hydroxylation is 1. The normalized spacial score (nSPS) is 16.2. The first kappa shape index (κ1) is 21.2. The molecule has 1 saturated heterocycles. The highest BCUT2D eigenvalue weighted by Gasteiger charge is 2.24. The molecule has 1 aliphatic rings. The van der Waals surface area contributed by atoms with Gasteiger partial charge in [0.2, 0.25) is 0 Å². The summed E-state index contributed by atoms with van der Waals surface area (Å²) in [5.41, 5.74) is 1.85. The lowest BCUT2D eigenvalue weighted by Gasteiger charge is -2.00. The van der Waals surface area contributed by atoms with Crippen LogP contribution in [-0.2, 0) is 4.79 Å². The van der Waals surface area contributed by atoms with E-state index in [-0.39, 0.29) is 11.6 Å². The van der Waals surface area contributed by atoms with E-state index in [0.717, 1.165) is 5.56 Å². The van der Waals surface area contributed by atoms with Crippen molar-refractivity contribution in [3.05, 3.63) is 84.9 Å². The maximum atomic E-state index is 12.3. The van der Waals surface area contributed by atoms with Crippen LogP contribution in [0, 0.1) is 17.0 Å². The third kappa shape index (κ3) is 4.66. The Hall–Kier alpha value is -3.07. The van der Waals surface area contributed by atoms with Gasteiger partial charge in [-0.25, -0.2) is 4.99 Å². The highest BCUT2D eigenvalue weighted by atomic mass is 35.5. The third-order valence-corrected chi connectivity index (χ3v) is 6.01. The highest BCUT2D eigenvalue weighted by molar-refractivity contribution is 8.18. The summed E-state index contributed by atoms with van der Waals surface area (Å²) in [6, 6.07) is 12.8. The number of nitro groups is 1. The molecular weight excluding hydrogens is 461 g/mol. The van der Waals surface area contributed by atoms with Crippen molar-refractivity contribution in [3.8, 4) is 11.3 Å². The van der Waals surface area contributed by atoms with Gasteiger partial charge in [0.15, 0.2) is 5.17 Å². The molecule has 0 atom stereocenters. The van der Waals surface area contributed by atoms with Crippen molar-refractivity contribution in [3.63, 3.8) is 0 Å². The zero-order valence-electron chi connectivity index (χ0n) is 15.9. The molecule has 1 aliphatic heterocycles. The molecule has 0 unspecified atom stereocenters. The van der Waals surface area contributed by atoms with Gasteiger partial charge in [-0.1, -0.05) is 29.3 Å². The molecule has 2 heterocycles. The van der Waals surface area contributed by atoms with Crippen LogP contribution in [0.4, 0.5) is 11.4 Å². The van der Waals surface area contributed by atoms with Crippen molar-refractivity contribution in [1.29, 1.82) is 0 Å². The molecule has 10 heteroatoms. The Kier molecular flexibility index (Phi) is 5.86. The molecule has 0 spiro atoms. The van der Waals surface area contributed by atoms with Crippen molar-refractivity contribution in [1.82, 2.24) is 5.32 Å². The van der Waals surface area contributed by atoms with Gasteiger partial charge < -0.3 is 9.73 Å². The van der Waals surface area contributed by atoms with E-state index in [9.17, 15) is 14.9 Å². The summed E-state index contributed by atoms with van der Waals surface area (Å²) in [5.74, 6) is 0.440. The van der Waals surface area contributed by atoms with E-state index in [1.807, 2.05) is 19.1 Å². The zero-order valence-corrected chi connectivity index (χ0v) is 18.2. The van der Waals surface area contributed by atoms with Crippen molar-refractivity contribution >= 4 is 63.5 Å². The lowest BCUT2D eigenvalue weighted by molar-refractivity contribution is -0.384. The first-order chi connectivity index (χ1) is 14.8. The number of non-ortho nitro benzene ring substituents is 1. The minimum absolute atomic E-state index is 0.0986. The smallest absolute Gasteiger partial charge is 0.270 e. The van der Waals surface area contributed by atoms with E-state index >= 15 is 0 Å². The Morgan fingerprint density at radius 2 is 1.94 bits per heavy atom. The number of nitro benzene ring substituents is 1. The van der Waals surface area contributed by atoms with Gasteiger partial charge in [0.05, 0.1) is 20.5 Å². The van der Waals surface area contributed by atoms with E-state index in [1.54, 1.807) is 24.3 Å². The van der Waals surface area contributed by atoms with Crippen LogP contribution in [-0.4, -0.2) is 16.0 Å². The van der Waals surface area contributed by atoms with Gasteiger partial charge in [0.1, 0.15) is 11.5 Å². The van der Waals surface area contributed by atoms with Crippen LogP contribution in [0.15, 0.2) is 62.8 Å². The number of hydrogen-bond donors (Lipinski definition) is 1. The quantitative estimate of drug-likeness (QED) is 0.270. The Labute approximate surface area is 190 Å². The van der Waals surface area contributed by atoms with Crippen LogP contribution in [0.25, 0.3) is 17.4 Å². The molecule has 2 aromatic carbocycles. The Balaban J connectivity index is 1.58. The average molecular weight is 474 g/mol. The summed E-state index contributed by atoms with van der Waals surface area (Å²) in [6.07, 6.45) is 1.57. The molecule has 156 valence electrons. The fourth-order valence-electron chi connectivity index (χ4n) is 2.77. The van der Waals surface area contributed by atoms with Crippen molar-refractivity contribution in [2.45, 2.75) is 6.92 Å². The van der Waals surface area contributed by atoms with Gasteiger partial charge in [-0.15, -0.1) is 0 Å². The molecule has 0 bridgehead atoms. The standard InChI is InChI=1S/C21H13Cl2N3O4S/c1-11-2-3-12(8-17(11)23)24-21-25-20(27)19(31-21)10-14-5-7-18(30-14)15-9-13(26(28)29)4-6-16(15)22/h2-10H,1H3,(H,24,25,27).